The third kappa shape index (κ3) is 5.23. The van der Waals surface area contributed by atoms with Crippen molar-refractivity contribution in [3.05, 3.63) is 64.8 Å². The summed E-state index contributed by atoms with van der Waals surface area (Å²) < 4.78 is 7.88. The first kappa shape index (κ1) is 21.7. The topological polar surface area (TPSA) is 46.5 Å². The highest BCUT2D eigenvalue weighted by molar-refractivity contribution is 6.30. The van der Waals surface area contributed by atoms with E-state index in [1.54, 1.807) is 0 Å². The number of nitrogens with zero attached hydrogens (tertiary/aromatic N) is 2. The molecule has 0 saturated carbocycles. The smallest absolute Gasteiger partial charge is 0.268 e. The Hall–Kier alpha value is -2.50. The number of carbonyl (C=O) groups is 1. The van der Waals surface area contributed by atoms with Gasteiger partial charge in [0.1, 0.15) is 11.4 Å². The maximum absolute atomic E-state index is 13.2. The van der Waals surface area contributed by atoms with Crippen LogP contribution in [0.4, 0.5) is 0 Å². The molecule has 1 fully saturated rings. The van der Waals surface area contributed by atoms with Crippen molar-refractivity contribution < 1.29 is 9.53 Å². The van der Waals surface area contributed by atoms with Gasteiger partial charge in [-0.2, -0.15) is 0 Å². The lowest BCUT2D eigenvalue weighted by Crippen LogP contribution is -2.38. The highest BCUT2D eigenvalue weighted by atomic mass is 35.5. The minimum absolute atomic E-state index is 0.0577. The number of hydrogen-bond donors (Lipinski definition) is 1. The van der Waals surface area contributed by atoms with E-state index < -0.39 is 0 Å². The zero-order chi connectivity index (χ0) is 21.6. The van der Waals surface area contributed by atoms with Gasteiger partial charge in [-0.25, -0.2) is 0 Å². The fourth-order valence-corrected chi connectivity index (χ4v) is 4.53. The maximum Gasteiger partial charge on any atom is 0.268 e. The number of hydrogen-bond acceptors (Lipinski definition) is 3. The largest absolute Gasteiger partial charge is 0.493 e. The number of fused-ring (bicyclic) bond motifs is 1. The monoisotopic (exact) mass is 439 g/mol. The first-order chi connectivity index (χ1) is 15.2. The molecule has 0 unspecified atom stereocenters. The normalized spacial score (nSPS) is 14.6. The highest BCUT2D eigenvalue weighted by Crippen LogP contribution is 2.30. The van der Waals surface area contributed by atoms with Crippen LogP contribution in [-0.4, -0.2) is 48.2 Å². The van der Waals surface area contributed by atoms with E-state index in [0.29, 0.717) is 30.4 Å². The summed E-state index contributed by atoms with van der Waals surface area (Å²) in [6, 6.07) is 15.7. The maximum atomic E-state index is 13.2. The first-order valence-electron chi connectivity index (χ1n) is 11.2. The van der Waals surface area contributed by atoms with Crippen LogP contribution in [0, 0.1) is 0 Å². The third-order valence-corrected chi connectivity index (χ3v) is 6.07. The van der Waals surface area contributed by atoms with Gasteiger partial charge in [0, 0.05) is 30.0 Å². The molecule has 1 aliphatic rings. The Kier molecular flexibility index (Phi) is 7.15. The Bertz CT molecular complexity index is 1040. The van der Waals surface area contributed by atoms with Crippen molar-refractivity contribution in [2.45, 2.75) is 32.7 Å². The quantitative estimate of drug-likeness (QED) is 0.539. The summed E-state index contributed by atoms with van der Waals surface area (Å²) in [5.74, 6) is 0.741. The van der Waals surface area contributed by atoms with E-state index in [2.05, 4.69) is 14.8 Å². The van der Waals surface area contributed by atoms with Crippen molar-refractivity contribution in [3.63, 3.8) is 0 Å². The van der Waals surface area contributed by atoms with E-state index in [1.165, 1.54) is 19.3 Å². The summed E-state index contributed by atoms with van der Waals surface area (Å²) in [5.41, 5.74) is 2.67. The van der Waals surface area contributed by atoms with Gasteiger partial charge in [0.05, 0.1) is 12.1 Å². The molecule has 0 radical (unpaired) electrons. The number of amides is 1. The Morgan fingerprint density at radius 2 is 1.90 bits per heavy atom. The van der Waals surface area contributed by atoms with Crippen molar-refractivity contribution in [2.24, 2.45) is 0 Å². The average Bonchev–Trinajstić information content (AvgIpc) is 3.14. The summed E-state index contributed by atoms with van der Waals surface area (Å²) in [7, 11) is 0. The number of ether oxygens (including phenoxy) is 1. The van der Waals surface area contributed by atoms with Gasteiger partial charge in [0.2, 0.25) is 0 Å². The number of likely N-dealkylation sites (tertiary alicyclic amines) is 1. The Morgan fingerprint density at radius 3 is 2.68 bits per heavy atom. The van der Waals surface area contributed by atoms with Crippen LogP contribution in [-0.2, 0) is 6.54 Å². The van der Waals surface area contributed by atoms with E-state index >= 15 is 0 Å². The van der Waals surface area contributed by atoms with Gasteiger partial charge >= 0.3 is 0 Å². The van der Waals surface area contributed by atoms with Crippen LogP contribution in [0.3, 0.4) is 0 Å². The molecule has 1 saturated heterocycles. The SMILES string of the molecule is CCOc1cccc2c1cc(C(=O)NCCN1CCCCC1)n2Cc1cccc(Cl)c1. The molecular formula is C25H30ClN3O2. The minimum Gasteiger partial charge on any atom is -0.493 e. The zero-order valence-electron chi connectivity index (χ0n) is 18.1. The molecule has 0 aliphatic carbocycles. The lowest BCUT2D eigenvalue weighted by atomic mass is 10.1. The fraction of sp³-hybridized carbons (Fsp3) is 0.400. The lowest BCUT2D eigenvalue weighted by molar-refractivity contribution is 0.0938. The average molecular weight is 440 g/mol. The Morgan fingerprint density at radius 1 is 1.10 bits per heavy atom. The van der Waals surface area contributed by atoms with E-state index in [1.807, 2.05) is 55.5 Å². The van der Waals surface area contributed by atoms with Crippen molar-refractivity contribution in [3.8, 4) is 5.75 Å². The fourth-order valence-electron chi connectivity index (χ4n) is 4.32. The molecule has 2 aromatic carbocycles. The van der Waals surface area contributed by atoms with Crippen molar-refractivity contribution in [1.82, 2.24) is 14.8 Å². The Labute approximate surface area is 188 Å². The summed E-state index contributed by atoms with van der Waals surface area (Å²) in [6.45, 7) is 6.91. The molecule has 31 heavy (non-hydrogen) atoms. The van der Waals surface area contributed by atoms with Gasteiger partial charge in [0.25, 0.3) is 5.91 Å². The van der Waals surface area contributed by atoms with E-state index in [0.717, 1.165) is 41.9 Å². The van der Waals surface area contributed by atoms with Crippen LogP contribution in [0.15, 0.2) is 48.5 Å². The van der Waals surface area contributed by atoms with Crippen LogP contribution in [0.1, 0.15) is 42.2 Å². The molecule has 1 aromatic heterocycles. The van der Waals surface area contributed by atoms with E-state index in [4.69, 9.17) is 16.3 Å². The van der Waals surface area contributed by atoms with Gasteiger partial charge in [-0.15, -0.1) is 0 Å². The molecule has 164 valence electrons. The summed E-state index contributed by atoms with van der Waals surface area (Å²) >= 11 is 6.20. The molecule has 0 spiro atoms. The molecule has 4 rings (SSSR count). The Balaban J connectivity index is 1.60. The summed E-state index contributed by atoms with van der Waals surface area (Å²) in [4.78, 5) is 15.6. The first-order valence-corrected chi connectivity index (χ1v) is 11.5. The molecular weight excluding hydrogens is 410 g/mol. The second-order valence-corrected chi connectivity index (χ2v) is 8.46. The van der Waals surface area contributed by atoms with Crippen LogP contribution in [0.25, 0.3) is 10.9 Å². The number of rotatable bonds is 8. The minimum atomic E-state index is -0.0577. The molecule has 0 bridgehead atoms. The molecule has 3 aromatic rings. The predicted molar refractivity (Wildman–Crippen MR) is 126 cm³/mol. The molecule has 0 atom stereocenters. The van der Waals surface area contributed by atoms with Crippen molar-refractivity contribution in [1.29, 1.82) is 0 Å². The molecule has 1 aliphatic heterocycles. The second-order valence-electron chi connectivity index (χ2n) is 8.03. The molecule has 6 heteroatoms. The number of halogens is 1. The number of benzene rings is 2. The van der Waals surface area contributed by atoms with Crippen LogP contribution >= 0.6 is 11.6 Å². The van der Waals surface area contributed by atoms with Gasteiger partial charge in [-0.05, 0) is 68.8 Å². The number of nitrogens with one attached hydrogen (secondary N) is 1. The standard InChI is InChI=1S/C25H30ClN3O2/c1-2-31-24-11-7-10-22-21(24)17-23(29(22)18-19-8-6-9-20(26)16-19)25(30)27-12-15-28-13-4-3-5-14-28/h6-11,16-17H,2-5,12-15,18H2,1H3,(H,27,30). The third-order valence-electron chi connectivity index (χ3n) is 5.83. The number of aromatic nitrogens is 1. The molecule has 1 N–H and O–H groups in total. The molecule has 5 nitrogen and oxygen atoms in total. The van der Waals surface area contributed by atoms with Crippen LogP contribution in [0.2, 0.25) is 5.02 Å². The van der Waals surface area contributed by atoms with Crippen LogP contribution < -0.4 is 10.1 Å². The van der Waals surface area contributed by atoms with Gasteiger partial charge in [-0.1, -0.05) is 36.2 Å². The second kappa shape index (κ2) is 10.2. The highest BCUT2D eigenvalue weighted by Gasteiger charge is 2.19. The van der Waals surface area contributed by atoms with Gasteiger partial charge < -0.3 is 19.5 Å². The van der Waals surface area contributed by atoms with Crippen molar-refractivity contribution >= 4 is 28.4 Å². The summed E-state index contributed by atoms with van der Waals surface area (Å²) in [5, 5.41) is 4.77. The van der Waals surface area contributed by atoms with Gasteiger partial charge in [-0.3, -0.25) is 4.79 Å². The summed E-state index contributed by atoms with van der Waals surface area (Å²) in [6.07, 6.45) is 3.82. The van der Waals surface area contributed by atoms with Gasteiger partial charge in [0.15, 0.2) is 0 Å². The number of piperidine rings is 1. The predicted octanol–water partition coefficient (Wildman–Crippen LogP) is 4.96. The van der Waals surface area contributed by atoms with E-state index in [-0.39, 0.29) is 5.91 Å². The lowest BCUT2D eigenvalue weighted by Gasteiger charge is -2.26. The molecule has 2 heterocycles. The zero-order valence-corrected chi connectivity index (χ0v) is 18.8. The van der Waals surface area contributed by atoms with E-state index in [9.17, 15) is 4.79 Å². The van der Waals surface area contributed by atoms with Crippen molar-refractivity contribution in [2.75, 3.05) is 32.8 Å². The molecule has 1 amide bonds. The number of carbonyl (C=O) groups excluding carboxylic acids is 1. The van der Waals surface area contributed by atoms with Crippen LogP contribution in [0.5, 0.6) is 5.75 Å².